The summed E-state index contributed by atoms with van der Waals surface area (Å²) >= 11 is 0. The summed E-state index contributed by atoms with van der Waals surface area (Å²) in [5.74, 6) is -1.52. The van der Waals surface area contributed by atoms with E-state index >= 15 is 0 Å². The molecule has 2 N–H and O–H groups in total. The van der Waals surface area contributed by atoms with Gasteiger partial charge in [-0.1, -0.05) is 26.0 Å². The molecule has 2 amide bonds. The number of imidazole rings is 1. The average molecular weight is 480 g/mol. The van der Waals surface area contributed by atoms with Gasteiger partial charge in [0, 0.05) is 47.6 Å². The second-order valence-electron chi connectivity index (χ2n) is 8.89. The van der Waals surface area contributed by atoms with Crippen LogP contribution < -0.4 is 10.6 Å². The van der Waals surface area contributed by atoms with E-state index in [4.69, 9.17) is 0 Å². The number of anilines is 1. The van der Waals surface area contributed by atoms with Gasteiger partial charge in [0.2, 0.25) is 0 Å². The summed E-state index contributed by atoms with van der Waals surface area (Å²) in [5, 5.41) is 9.14. The molecule has 0 fully saturated rings. The first-order chi connectivity index (χ1) is 16.8. The number of carbonyl (C=O) groups excluding carboxylic acids is 1. The fourth-order valence-electron chi connectivity index (χ4n) is 4.40. The molecular weight excluding hydrogens is 457 g/mol. The van der Waals surface area contributed by atoms with E-state index in [-0.39, 0.29) is 23.6 Å². The van der Waals surface area contributed by atoms with E-state index < -0.39 is 23.7 Å². The Labute approximate surface area is 199 Å². The van der Waals surface area contributed by atoms with Gasteiger partial charge in [-0.25, -0.2) is 22.9 Å². The zero-order valence-corrected chi connectivity index (χ0v) is 19.1. The standard InChI is InChI=1S/C25H23F3N6O/c1-14(2)11-33-12-15(8-31-33)17-6-20(28)21(7-19(17)27)32-25(35)30-10-23-24-16(4-3-5-18(24)26)22-9-29-13-34(22)23/h3-9,12-14,23H,10-11H2,1-2H3,(H2,30,32,35). The van der Waals surface area contributed by atoms with Crippen LogP contribution in [-0.4, -0.2) is 31.9 Å². The summed E-state index contributed by atoms with van der Waals surface area (Å²) < 4.78 is 47.5. The van der Waals surface area contributed by atoms with Crippen LogP contribution in [0.5, 0.6) is 0 Å². The van der Waals surface area contributed by atoms with E-state index in [9.17, 15) is 18.0 Å². The number of aromatic nitrogens is 4. The quantitative estimate of drug-likeness (QED) is 0.398. The minimum absolute atomic E-state index is 0.0281. The van der Waals surface area contributed by atoms with Gasteiger partial charge in [0.25, 0.3) is 0 Å². The Morgan fingerprint density at radius 2 is 1.91 bits per heavy atom. The monoisotopic (exact) mass is 480 g/mol. The Hall–Kier alpha value is -4.08. The van der Waals surface area contributed by atoms with Crippen molar-refractivity contribution < 1.29 is 18.0 Å². The van der Waals surface area contributed by atoms with Gasteiger partial charge >= 0.3 is 6.03 Å². The Bertz CT molecular complexity index is 1410. The molecule has 2 aromatic heterocycles. The predicted octanol–water partition coefficient (Wildman–Crippen LogP) is 5.21. The number of halogens is 3. The van der Waals surface area contributed by atoms with Crippen LogP contribution in [0.1, 0.15) is 25.5 Å². The van der Waals surface area contributed by atoms with Crippen LogP contribution in [0, 0.1) is 23.4 Å². The largest absolute Gasteiger partial charge is 0.335 e. The molecule has 5 rings (SSSR count). The summed E-state index contributed by atoms with van der Waals surface area (Å²) in [7, 11) is 0. The molecule has 0 bridgehead atoms. The number of urea groups is 1. The molecule has 180 valence electrons. The number of hydrogen-bond acceptors (Lipinski definition) is 3. The van der Waals surface area contributed by atoms with E-state index in [1.54, 1.807) is 40.1 Å². The molecule has 35 heavy (non-hydrogen) atoms. The summed E-state index contributed by atoms with van der Waals surface area (Å²) in [6, 6.07) is 5.47. The number of nitrogens with zero attached hydrogens (tertiary/aromatic N) is 4. The molecule has 3 heterocycles. The summed E-state index contributed by atoms with van der Waals surface area (Å²) in [5.41, 5.74) is 2.08. The SMILES string of the molecule is CC(C)Cn1cc(-c2cc(F)c(NC(=O)NCC3c4c(F)cccc4-c4cncn43)cc2F)cn1. The van der Waals surface area contributed by atoms with Crippen molar-refractivity contribution in [2.24, 2.45) is 5.92 Å². The molecule has 1 atom stereocenters. The van der Waals surface area contributed by atoms with Crippen molar-refractivity contribution in [3.05, 3.63) is 78.3 Å². The van der Waals surface area contributed by atoms with E-state index in [2.05, 4.69) is 20.7 Å². The van der Waals surface area contributed by atoms with E-state index in [1.165, 1.54) is 12.3 Å². The van der Waals surface area contributed by atoms with Gasteiger partial charge in [-0.15, -0.1) is 0 Å². The summed E-state index contributed by atoms with van der Waals surface area (Å²) in [6.07, 6.45) is 6.32. The fourth-order valence-corrected chi connectivity index (χ4v) is 4.40. The number of rotatable bonds is 6. The minimum atomic E-state index is -0.790. The lowest BCUT2D eigenvalue weighted by atomic mass is 10.0. The van der Waals surface area contributed by atoms with Crippen LogP contribution in [0.15, 0.2) is 55.2 Å². The number of fused-ring (bicyclic) bond motifs is 3. The molecular formula is C25H23F3N6O. The Kier molecular flexibility index (Phi) is 5.80. The van der Waals surface area contributed by atoms with Crippen molar-refractivity contribution in [1.29, 1.82) is 0 Å². The number of hydrogen-bond donors (Lipinski definition) is 2. The third-order valence-corrected chi connectivity index (χ3v) is 5.92. The number of nitrogens with one attached hydrogen (secondary N) is 2. The van der Waals surface area contributed by atoms with Crippen LogP contribution in [0.25, 0.3) is 22.4 Å². The maximum atomic E-state index is 14.8. The Morgan fingerprint density at radius 1 is 1.09 bits per heavy atom. The minimum Gasteiger partial charge on any atom is -0.335 e. The Morgan fingerprint density at radius 3 is 2.71 bits per heavy atom. The third kappa shape index (κ3) is 4.27. The first-order valence-electron chi connectivity index (χ1n) is 11.2. The topological polar surface area (TPSA) is 76.8 Å². The molecule has 10 heteroatoms. The molecule has 0 saturated carbocycles. The lowest BCUT2D eigenvalue weighted by molar-refractivity contribution is 0.251. The van der Waals surface area contributed by atoms with Crippen molar-refractivity contribution in [3.8, 4) is 22.4 Å². The van der Waals surface area contributed by atoms with Crippen LogP contribution in [0.2, 0.25) is 0 Å². The molecule has 0 saturated heterocycles. The van der Waals surface area contributed by atoms with E-state index in [1.807, 2.05) is 13.8 Å². The van der Waals surface area contributed by atoms with Crippen molar-refractivity contribution in [2.75, 3.05) is 11.9 Å². The molecule has 0 spiro atoms. The Balaban J connectivity index is 1.29. The maximum Gasteiger partial charge on any atom is 0.319 e. The van der Waals surface area contributed by atoms with Gasteiger partial charge in [0.15, 0.2) is 0 Å². The van der Waals surface area contributed by atoms with Gasteiger partial charge in [0.1, 0.15) is 17.5 Å². The van der Waals surface area contributed by atoms with Gasteiger partial charge in [-0.05, 0) is 18.1 Å². The first-order valence-corrected chi connectivity index (χ1v) is 11.2. The molecule has 7 nitrogen and oxygen atoms in total. The van der Waals surface area contributed by atoms with Crippen LogP contribution in [-0.2, 0) is 6.54 Å². The maximum absolute atomic E-state index is 14.8. The molecule has 0 aliphatic carbocycles. The van der Waals surface area contributed by atoms with Crippen LogP contribution in [0.3, 0.4) is 0 Å². The van der Waals surface area contributed by atoms with E-state index in [0.29, 0.717) is 29.2 Å². The zero-order valence-electron chi connectivity index (χ0n) is 19.1. The van der Waals surface area contributed by atoms with Crippen molar-refractivity contribution >= 4 is 11.7 Å². The van der Waals surface area contributed by atoms with Crippen molar-refractivity contribution in [2.45, 2.75) is 26.4 Å². The highest BCUT2D eigenvalue weighted by Gasteiger charge is 2.31. The molecule has 1 aliphatic heterocycles. The van der Waals surface area contributed by atoms with Crippen molar-refractivity contribution in [3.63, 3.8) is 0 Å². The van der Waals surface area contributed by atoms with Gasteiger partial charge in [-0.3, -0.25) is 4.68 Å². The highest BCUT2D eigenvalue weighted by Crippen LogP contribution is 2.40. The zero-order chi connectivity index (χ0) is 24.7. The predicted molar refractivity (Wildman–Crippen MR) is 125 cm³/mol. The highest BCUT2D eigenvalue weighted by atomic mass is 19.1. The summed E-state index contributed by atoms with van der Waals surface area (Å²) in [4.78, 5) is 16.6. The fraction of sp³-hybridized carbons (Fsp3) is 0.240. The lowest BCUT2D eigenvalue weighted by Gasteiger charge is -2.17. The molecule has 2 aromatic carbocycles. The number of carbonyl (C=O) groups is 1. The highest BCUT2D eigenvalue weighted by molar-refractivity contribution is 5.90. The number of amides is 2. The number of benzene rings is 2. The molecule has 1 aliphatic rings. The van der Waals surface area contributed by atoms with Crippen LogP contribution >= 0.6 is 0 Å². The second-order valence-corrected chi connectivity index (χ2v) is 8.89. The molecule has 0 radical (unpaired) electrons. The summed E-state index contributed by atoms with van der Waals surface area (Å²) in [6.45, 7) is 4.74. The lowest BCUT2D eigenvalue weighted by Crippen LogP contribution is -2.34. The van der Waals surface area contributed by atoms with Crippen LogP contribution in [0.4, 0.5) is 23.7 Å². The second kappa shape index (κ2) is 8.94. The average Bonchev–Trinajstić information content (AvgIpc) is 3.52. The smallest absolute Gasteiger partial charge is 0.319 e. The third-order valence-electron chi connectivity index (χ3n) is 5.92. The van der Waals surface area contributed by atoms with Gasteiger partial charge < -0.3 is 15.2 Å². The first kappa shape index (κ1) is 22.7. The van der Waals surface area contributed by atoms with Gasteiger partial charge in [-0.2, -0.15) is 5.10 Å². The van der Waals surface area contributed by atoms with Gasteiger partial charge in [0.05, 0.1) is 36.1 Å². The molecule has 4 aromatic rings. The van der Waals surface area contributed by atoms with Crippen molar-refractivity contribution in [1.82, 2.24) is 24.6 Å². The molecule has 1 unspecified atom stereocenters. The van der Waals surface area contributed by atoms with E-state index in [0.717, 1.165) is 17.8 Å². The normalized spacial score (nSPS) is 14.2.